The number of aliphatic carboxylic acids is 1. The summed E-state index contributed by atoms with van der Waals surface area (Å²) >= 11 is 11.9. The van der Waals surface area contributed by atoms with Crippen LogP contribution in [0.15, 0.2) is 36.4 Å². The van der Waals surface area contributed by atoms with Crippen molar-refractivity contribution < 1.29 is 15.0 Å². The molecule has 1 atom stereocenters. The lowest BCUT2D eigenvalue weighted by atomic mass is 9.91. The molecular weight excluding hydrogens is 311 g/mol. The predicted molar refractivity (Wildman–Crippen MR) is 83.4 cm³/mol. The van der Waals surface area contributed by atoms with Gasteiger partial charge in [-0.1, -0.05) is 41.4 Å². The zero-order valence-electron chi connectivity index (χ0n) is 11.3. The average molecular weight is 325 g/mol. The minimum Gasteiger partial charge on any atom is -0.506 e. The summed E-state index contributed by atoms with van der Waals surface area (Å²) in [5.41, 5.74) is 2.28. The summed E-state index contributed by atoms with van der Waals surface area (Å²) in [6.07, 6.45) is 0.273. The summed E-state index contributed by atoms with van der Waals surface area (Å²) in [6, 6.07) is 9.94. The van der Waals surface area contributed by atoms with Crippen molar-refractivity contribution >= 4 is 29.2 Å². The molecule has 110 valence electrons. The van der Waals surface area contributed by atoms with Crippen LogP contribution in [-0.2, 0) is 11.2 Å². The fourth-order valence-corrected chi connectivity index (χ4v) is 2.48. The highest BCUT2D eigenvalue weighted by atomic mass is 35.5. The standard InChI is InChI=1S/C16H14Cl2O3/c1-9-2-4-11(8-13(9)17)12(16(20)21)6-10-3-5-15(19)14(18)7-10/h2-5,7-8,12,19H,6H2,1H3,(H,20,21). The van der Waals surface area contributed by atoms with E-state index >= 15 is 0 Å². The number of carboxylic acids is 1. The molecule has 2 N–H and O–H groups in total. The highest BCUT2D eigenvalue weighted by Gasteiger charge is 2.21. The minimum atomic E-state index is -0.931. The molecule has 21 heavy (non-hydrogen) atoms. The van der Waals surface area contributed by atoms with Crippen molar-refractivity contribution in [3.05, 3.63) is 63.1 Å². The Bertz CT molecular complexity index is 683. The van der Waals surface area contributed by atoms with Gasteiger partial charge in [0.05, 0.1) is 10.9 Å². The van der Waals surface area contributed by atoms with E-state index in [1.165, 1.54) is 6.07 Å². The molecule has 1 unspecified atom stereocenters. The third-order valence-electron chi connectivity index (χ3n) is 3.35. The number of halogens is 2. The summed E-state index contributed by atoms with van der Waals surface area (Å²) in [5, 5.41) is 19.6. The van der Waals surface area contributed by atoms with Crippen molar-refractivity contribution in [1.29, 1.82) is 0 Å². The maximum Gasteiger partial charge on any atom is 0.311 e. The molecule has 0 spiro atoms. The van der Waals surface area contributed by atoms with Crippen LogP contribution in [0.1, 0.15) is 22.6 Å². The zero-order valence-corrected chi connectivity index (χ0v) is 12.8. The van der Waals surface area contributed by atoms with Gasteiger partial charge in [-0.15, -0.1) is 0 Å². The van der Waals surface area contributed by atoms with E-state index in [9.17, 15) is 15.0 Å². The van der Waals surface area contributed by atoms with Crippen LogP contribution in [0.4, 0.5) is 0 Å². The van der Waals surface area contributed by atoms with Gasteiger partial charge in [0.15, 0.2) is 0 Å². The Balaban J connectivity index is 2.32. The molecule has 0 aliphatic heterocycles. The van der Waals surface area contributed by atoms with Gasteiger partial charge in [-0.05, 0) is 48.2 Å². The number of rotatable bonds is 4. The van der Waals surface area contributed by atoms with Gasteiger partial charge < -0.3 is 10.2 Å². The number of carboxylic acid groups (broad SMARTS) is 1. The number of phenols is 1. The van der Waals surface area contributed by atoms with Gasteiger partial charge in [-0.2, -0.15) is 0 Å². The number of hydrogen-bond donors (Lipinski definition) is 2. The van der Waals surface area contributed by atoms with Gasteiger partial charge in [-0.3, -0.25) is 4.79 Å². The Hall–Kier alpha value is -1.71. The van der Waals surface area contributed by atoms with Crippen molar-refractivity contribution in [2.75, 3.05) is 0 Å². The molecular formula is C16H14Cl2O3. The van der Waals surface area contributed by atoms with E-state index in [-0.39, 0.29) is 17.2 Å². The lowest BCUT2D eigenvalue weighted by Crippen LogP contribution is -2.14. The first-order valence-corrected chi connectivity index (χ1v) is 7.10. The second-order valence-corrected chi connectivity index (χ2v) is 5.70. The quantitative estimate of drug-likeness (QED) is 0.875. The van der Waals surface area contributed by atoms with E-state index in [4.69, 9.17) is 23.2 Å². The highest BCUT2D eigenvalue weighted by Crippen LogP contribution is 2.29. The zero-order chi connectivity index (χ0) is 15.6. The van der Waals surface area contributed by atoms with Crippen LogP contribution in [0.2, 0.25) is 10.0 Å². The normalized spacial score (nSPS) is 12.1. The van der Waals surface area contributed by atoms with Crippen molar-refractivity contribution in [3.8, 4) is 5.75 Å². The van der Waals surface area contributed by atoms with Crippen LogP contribution in [0.5, 0.6) is 5.75 Å². The smallest absolute Gasteiger partial charge is 0.311 e. The van der Waals surface area contributed by atoms with E-state index in [1.54, 1.807) is 30.3 Å². The maximum atomic E-state index is 11.5. The van der Waals surface area contributed by atoms with Gasteiger partial charge in [0.25, 0.3) is 0 Å². The number of aromatic hydroxyl groups is 1. The third kappa shape index (κ3) is 3.69. The van der Waals surface area contributed by atoms with Crippen molar-refractivity contribution in [1.82, 2.24) is 0 Å². The summed E-state index contributed by atoms with van der Waals surface area (Å²) in [7, 11) is 0. The molecule has 0 aromatic heterocycles. The van der Waals surface area contributed by atoms with E-state index < -0.39 is 11.9 Å². The van der Waals surface area contributed by atoms with Crippen molar-refractivity contribution in [2.24, 2.45) is 0 Å². The lowest BCUT2D eigenvalue weighted by molar-refractivity contribution is -0.138. The highest BCUT2D eigenvalue weighted by molar-refractivity contribution is 6.32. The third-order valence-corrected chi connectivity index (χ3v) is 4.06. The number of aryl methyl sites for hydroxylation is 1. The molecule has 0 aliphatic carbocycles. The molecule has 0 saturated carbocycles. The molecule has 0 aliphatic rings. The predicted octanol–water partition coefficient (Wildman–Crippen LogP) is 4.42. The number of benzene rings is 2. The molecule has 0 bridgehead atoms. The van der Waals surface area contributed by atoms with Gasteiger partial charge in [0.1, 0.15) is 5.75 Å². The monoisotopic (exact) mass is 324 g/mol. The van der Waals surface area contributed by atoms with E-state index in [2.05, 4.69) is 0 Å². The Morgan fingerprint density at radius 3 is 2.43 bits per heavy atom. The van der Waals surface area contributed by atoms with Gasteiger partial charge >= 0.3 is 5.97 Å². The number of phenolic OH excluding ortho intramolecular Hbond substituents is 1. The second kappa shape index (κ2) is 6.37. The molecule has 3 nitrogen and oxygen atoms in total. The van der Waals surface area contributed by atoms with Crippen LogP contribution in [0, 0.1) is 6.92 Å². The molecule has 0 fully saturated rings. The fourth-order valence-electron chi connectivity index (χ4n) is 2.09. The molecule has 0 radical (unpaired) electrons. The first kappa shape index (κ1) is 15.7. The van der Waals surface area contributed by atoms with Crippen LogP contribution in [0.3, 0.4) is 0 Å². The molecule has 0 saturated heterocycles. The van der Waals surface area contributed by atoms with E-state index in [0.717, 1.165) is 11.1 Å². The van der Waals surface area contributed by atoms with Crippen molar-refractivity contribution in [2.45, 2.75) is 19.3 Å². The molecule has 2 rings (SSSR count). The fraction of sp³-hybridized carbons (Fsp3) is 0.188. The first-order chi connectivity index (χ1) is 9.88. The Morgan fingerprint density at radius 2 is 1.86 bits per heavy atom. The Morgan fingerprint density at radius 1 is 1.14 bits per heavy atom. The van der Waals surface area contributed by atoms with Crippen molar-refractivity contribution in [3.63, 3.8) is 0 Å². The molecule has 5 heteroatoms. The topological polar surface area (TPSA) is 57.5 Å². The maximum absolute atomic E-state index is 11.5. The Kier molecular flexibility index (Phi) is 4.76. The van der Waals surface area contributed by atoms with Crippen LogP contribution in [-0.4, -0.2) is 16.2 Å². The summed E-state index contributed by atoms with van der Waals surface area (Å²) in [5.74, 6) is -1.67. The summed E-state index contributed by atoms with van der Waals surface area (Å²) < 4.78 is 0. The average Bonchev–Trinajstić information content (AvgIpc) is 2.43. The summed E-state index contributed by atoms with van der Waals surface area (Å²) in [4.78, 5) is 11.5. The van der Waals surface area contributed by atoms with Gasteiger partial charge in [0.2, 0.25) is 0 Å². The lowest BCUT2D eigenvalue weighted by Gasteiger charge is -2.14. The second-order valence-electron chi connectivity index (χ2n) is 4.89. The Labute approximate surface area is 132 Å². The molecule has 0 amide bonds. The number of hydrogen-bond acceptors (Lipinski definition) is 2. The van der Waals surface area contributed by atoms with E-state index in [0.29, 0.717) is 10.6 Å². The molecule has 2 aromatic carbocycles. The minimum absolute atomic E-state index is 0.0225. The SMILES string of the molecule is Cc1ccc(C(Cc2ccc(O)c(Cl)c2)C(=O)O)cc1Cl. The largest absolute Gasteiger partial charge is 0.506 e. The van der Waals surface area contributed by atoms with Crippen LogP contribution < -0.4 is 0 Å². The van der Waals surface area contributed by atoms with Crippen LogP contribution >= 0.6 is 23.2 Å². The molecule has 0 heterocycles. The van der Waals surface area contributed by atoms with Crippen LogP contribution in [0.25, 0.3) is 0 Å². The van der Waals surface area contributed by atoms with E-state index in [1.807, 2.05) is 6.92 Å². The van der Waals surface area contributed by atoms with Gasteiger partial charge in [-0.25, -0.2) is 0 Å². The summed E-state index contributed by atoms with van der Waals surface area (Å²) in [6.45, 7) is 1.86. The number of carbonyl (C=O) groups is 1. The van der Waals surface area contributed by atoms with Gasteiger partial charge in [0, 0.05) is 5.02 Å². The first-order valence-electron chi connectivity index (χ1n) is 6.34. The molecule has 2 aromatic rings.